The van der Waals surface area contributed by atoms with Gasteiger partial charge in [0.25, 0.3) is 0 Å². The number of nitrogens with zero attached hydrogens (tertiary/aromatic N) is 3. The summed E-state index contributed by atoms with van der Waals surface area (Å²) in [6.45, 7) is 2.33. The molecule has 0 aliphatic heterocycles. The highest BCUT2D eigenvalue weighted by Gasteiger charge is 2.06. The van der Waals surface area contributed by atoms with Crippen molar-refractivity contribution in [3.8, 4) is 17.2 Å². The van der Waals surface area contributed by atoms with E-state index in [4.69, 9.17) is 9.47 Å². The molecule has 0 saturated heterocycles. The summed E-state index contributed by atoms with van der Waals surface area (Å²) in [6.07, 6.45) is 1.85. The Balaban J connectivity index is 1.39. The van der Waals surface area contributed by atoms with Gasteiger partial charge in [0, 0.05) is 24.5 Å². The second-order valence-corrected chi connectivity index (χ2v) is 7.67. The Hall–Kier alpha value is -3.51. The van der Waals surface area contributed by atoms with Crippen molar-refractivity contribution in [2.45, 2.75) is 6.54 Å². The van der Waals surface area contributed by atoms with Gasteiger partial charge in [-0.3, -0.25) is 4.57 Å². The van der Waals surface area contributed by atoms with Crippen molar-refractivity contribution in [1.29, 1.82) is 0 Å². The third kappa shape index (κ3) is 5.16. The van der Waals surface area contributed by atoms with Crippen LogP contribution in [0.1, 0.15) is 5.56 Å². The van der Waals surface area contributed by atoms with Gasteiger partial charge in [-0.1, -0.05) is 12.1 Å². The fraction of sp³-hybridized carbons (Fsp3) is 0.240. The van der Waals surface area contributed by atoms with Gasteiger partial charge in [0.2, 0.25) is 0 Å². The summed E-state index contributed by atoms with van der Waals surface area (Å²) in [5, 5.41) is 3.48. The standard InChI is InChI=1S/C25H28N4O2/c1-28(2)14-15-31-23-9-4-19(5-10-23)17-26-20-6-13-25-24(16-20)27-18-29(25)21-7-11-22(30-3)12-8-21/h4-13,16,18,26H,14-15,17H2,1-3H3. The molecule has 6 heteroatoms. The number of hydrogen-bond donors (Lipinski definition) is 1. The first-order chi connectivity index (χ1) is 15.1. The van der Waals surface area contributed by atoms with E-state index < -0.39 is 0 Å². The molecular formula is C25H28N4O2. The molecule has 0 radical (unpaired) electrons. The van der Waals surface area contributed by atoms with Crippen LogP contribution < -0.4 is 14.8 Å². The number of imidazole rings is 1. The molecule has 0 bridgehead atoms. The van der Waals surface area contributed by atoms with Crippen LogP contribution in [-0.4, -0.2) is 48.8 Å². The van der Waals surface area contributed by atoms with Gasteiger partial charge in [-0.25, -0.2) is 4.98 Å². The smallest absolute Gasteiger partial charge is 0.119 e. The predicted octanol–water partition coefficient (Wildman–Crippen LogP) is 4.59. The molecule has 3 aromatic carbocycles. The van der Waals surface area contributed by atoms with Crippen LogP contribution in [0.4, 0.5) is 5.69 Å². The number of ether oxygens (including phenoxy) is 2. The molecule has 0 atom stereocenters. The molecule has 1 aromatic heterocycles. The Kier molecular flexibility index (Phi) is 6.38. The van der Waals surface area contributed by atoms with Crippen molar-refractivity contribution in [3.63, 3.8) is 0 Å². The van der Waals surface area contributed by atoms with Gasteiger partial charge in [0.15, 0.2) is 0 Å². The normalized spacial score (nSPS) is 11.1. The number of rotatable bonds is 9. The first kappa shape index (κ1) is 20.8. The summed E-state index contributed by atoms with van der Waals surface area (Å²) < 4.78 is 13.1. The average Bonchev–Trinajstić information content (AvgIpc) is 3.21. The lowest BCUT2D eigenvalue weighted by molar-refractivity contribution is 0.261. The summed E-state index contributed by atoms with van der Waals surface area (Å²) in [5.41, 5.74) is 5.31. The van der Waals surface area contributed by atoms with Crippen LogP contribution in [0.15, 0.2) is 73.1 Å². The molecule has 31 heavy (non-hydrogen) atoms. The quantitative estimate of drug-likeness (QED) is 0.433. The van der Waals surface area contributed by atoms with Crippen molar-refractivity contribution >= 4 is 16.7 Å². The number of aromatic nitrogens is 2. The van der Waals surface area contributed by atoms with Crippen LogP contribution in [-0.2, 0) is 6.54 Å². The number of fused-ring (bicyclic) bond motifs is 1. The zero-order valence-electron chi connectivity index (χ0n) is 18.2. The van der Waals surface area contributed by atoms with Crippen LogP contribution in [0.25, 0.3) is 16.7 Å². The molecule has 0 fully saturated rings. The first-order valence-corrected chi connectivity index (χ1v) is 10.3. The van der Waals surface area contributed by atoms with Crippen LogP contribution in [0, 0.1) is 0 Å². The largest absolute Gasteiger partial charge is 0.497 e. The summed E-state index contributed by atoms with van der Waals surface area (Å²) in [5.74, 6) is 1.74. The lowest BCUT2D eigenvalue weighted by Crippen LogP contribution is -2.19. The summed E-state index contributed by atoms with van der Waals surface area (Å²) in [6, 6.07) is 22.4. The van der Waals surface area contributed by atoms with Gasteiger partial charge < -0.3 is 19.7 Å². The Bertz CT molecular complexity index is 1120. The van der Waals surface area contributed by atoms with E-state index in [0.29, 0.717) is 6.61 Å². The van der Waals surface area contributed by atoms with E-state index in [1.165, 1.54) is 5.56 Å². The zero-order chi connectivity index (χ0) is 21.6. The fourth-order valence-electron chi connectivity index (χ4n) is 3.32. The maximum absolute atomic E-state index is 5.75. The van der Waals surface area contributed by atoms with Crippen molar-refractivity contribution in [1.82, 2.24) is 14.5 Å². The van der Waals surface area contributed by atoms with Crippen molar-refractivity contribution in [3.05, 3.63) is 78.6 Å². The lowest BCUT2D eigenvalue weighted by Gasteiger charge is -2.12. The first-order valence-electron chi connectivity index (χ1n) is 10.3. The van der Waals surface area contributed by atoms with Crippen molar-refractivity contribution in [2.75, 3.05) is 39.7 Å². The van der Waals surface area contributed by atoms with Crippen molar-refractivity contribution < 1.29 is 9.47 Å². The molecular weight excluding hydrogens is 388 g/mol. The second-order valence-electron chi connectivity index (χ2n) is 7.67. The molecule has 0 aliphatic rings. The molecule has 1 N–H and O–H groups in total. The van der Waals surface area contributed by atoms with Crippen LogP contribution in [0.2, 0.25) is 0 Å². The Labute approximate surface area is 183 Å². The third-order valence-electron chi connectivity index (χ3n) is 5.13. The van der Waals surface area contributed by atoms with E-state index in [1.807, 2.05) is 56.8 Å². The Morgan fingerprint density at radius 1 is 0.935 bits per heavy atom. The Morgan fingerprint density at radius 2 is 1.68 bits per heavy atom. The molecule has 0 saturated carbocycles. The summed E-state index contributed by atoms with van der Waals surface area (Å²) >= 11 is 0. The molecule has 6 nitrogen and oxygen atoms in total. The molecule has 1 heterocycles. The second kappa shape index (κ2) is 9.53. The lowest BCUT2D eigenvalue weighted by atomic mass is 10.2. The Morgan fingerprint density at radius 3 is 2.39 bits per heavy atom. The number of benzene rings is 3. The van der Waals surface area contributed by atoms with Crippen molar-refractivity contribution in [2.24, 2.45) is 0 Å². The number of nitrogens with one attached hydrogen (secondary N) is 1. The number of likely N-dealkylation sites (N-methyl/N-ethyl adjacent to an activating group) is 1. The topological polar surface area (TPSA) is 51.6 Å². The third-order valence-corrected chi connectivity index (χ3v) is 5.13. The van der Waals surface area contributed by atoms with Gasteiger partial charge >= 0.3 is 0 Å². The van der Waals surface area contributed by atoms with E-state index in [9.17, 15) is 0 Å². The van der Waals surface area contributed by atoms with E-state index in [1.54, 1.807) is 7.11 Å². The monoisotopic (exact) mass is 416 g/mol. The molecule has 0 amide bonds. The van der Waals surface area contributed by atoms with E-state index in [2.05, 4.69) is 50.1 Å². The van der Waals surface area contributed by atoms with E-state index in [-0.39, 0.29) is 0 Å². The summed E-state index contributed by atoms with van der Waals surface area (Å²) in [4.78, 5) is 6.68. The molecule has 4 rings (SSSR count). The van der Waals surface area contributed by atoms with Gasteiger partial charge in [0.05, 0.1) is 18.1 Å². The fourth-order valence-corrected chi connectivity index (χ4v) is 3.32. The highest BCUT2D eigenvalue weighted by molar-refractivity contribution is 5.81. The summed E-state index contributed by atoms with van der Waals surface area (Å²) in [7, 11) is 5.75. The van der Waals surface area contributed by atoms with Gasteiger partial charge in [-0.2, -0.15) is 0 Å². The number of hydrogen-bond acceptors (Lipinski definition) is 5. The van der Waals surface area contributed by atoms with Gasteiger partial charge in [0.1, 0.15) is 24.4 Å². The SMILES string of the molecule is COc1ccc(-n2cnc3cc(NCc4ccc(OCCN(C)C)cc4)ccc32)cc1. The predicted molar refractivity (Wildman–Crippen MR) is 125 cm³/mol. The zero-order valence-corrected chi connectivity index (χ0v) is 18.2. The average molecular weight is 417 g/mol. The number of methoxy groups -OCH3 is 1. The minimum absolute atomic E-state index is 0.688. The van der Waals surface area contributed by atoms with Gasteiger partial charge in [-0.05, 0) is 74.3 Å². The molecule has 0 spiro atoms. The van der Waals surface area contributed by atoms with Crippen LogP contribution in [0.5, 0.6) is 11.5 Å². The molecule has 4 aromatic rings. The molecule has 0 aliphatic carbocycles. The van der Waals surface area contributed by atoms with E-state index >= 15 is 0 Å². The van der Waals surface area contributed by atoms with Gasteiger partial charge in [-0.15, -0.1) is 0 Å². The maximum Gasteiger partial charge on any atom is 0.119 e. The van der Waals surface area contributed by atoms with Crippen LogP contribution >= 0.6 is 0 Å². The van der Waals surface area contributed by atoms with Crippen LogP contribution in [0.3, 0.4) is 0 Å². The highest BCUT2D eigenvalue weighted by Crippen LogP contribution is 2.23. The minimum atomic E-state index is 0.688. The van der Waals surface area contributed by atoms with E-state index in [0.717, 1.165) is 47.0 Å². The maximum atomic E-state index is 5.75. The molecule has 0 unspecified atom stereocenters. The highest BCUT2D eigenvalue weighted by atomic mass is 16.5. The minimum Gasteiger partial charge on any atom is -0.497 e. The number of anilines is 1. The molecule has 160 valence electrons.